The van der Waals surface area contributed by atoms with Gasteiger partial charge in [-0.25, -0.2) is 18.4 Å². The zero-order valence-electron chi connectivity index (χ0n) is 28.4. The van der Waals surface area contributed by atoms with Gasteiger partial charge in [-0.1, -0.05) is 0 Å². The Morgan fingerprint density at radius 3 is 1.47 bits per heavy atom. The second-order valence-electron chi connectivity index (χ2n) is 13.3. The molecule has 0 aromatic heterocycles. The van der Waals surface area contributed by atoms with E-state index in [1.165, 1.54) is 36.4 Å². The first-order chi connectivity index (χ1) is 24.9. The average molecular weight is 709 g/mol. The Hall–Kier alpha value is -4.10. The molecule has 4 unspecified atom stereocenters. The number of epoxide rings is 2. The third kappa shape index (κ3) is 9.23. The van der Waals surface area contributed by atoms with Gasteiger partial charge in [0.2, 0.25) is 0 Å². The number of carbonyl (C=O) groups excluding carboxylic acids is 2. The number of esters is 2. The minimum Gasteiger partial charge on any atom is -0.493 e. The first-order valence-electron chi connectivity index (χ1n) is 17.8. The minimum atomic E-state index is -0.841. The summed E-state index contributed by atoms with van der Waals surface area (Å²) in [6.45, 7) is 4.72. The summed E-state index contributed by atoms with van der Waals surface area (Å²) in [5.74, 6) is -1.75. The Balaban J connectivity index is 0.928. The smallest absolute Gasteiger partial charge is 0.346 e. The molecule has 51 heavy (non-hydrogen) atoms. The van der Waals surface area contributed by atoms with Crippen LogP contribution in [0.15, 0.2) is 48.5 Å². The van der Waals surface area contributed by atoms with Gasteiger partial charge in [0.1, 0.15) is 46.8 Å². The van der Waals surface area contributed by atoms with Crippen molar-refractivity contribution >= 4 is 11.9 Å². The van der Waals surface area contributed by atoms with Gasteiger partial charge in [0.25, 0.3) is 0 Å². The Morgan fingerprint density at radius 2 is 1.06 bits per heavy atom. The van der Waals surface area contributed by atoms with Crippen molar-refractivity contribution in [1.82, 2.24) is 0 Å². The normalized spacial score (nSPS) is 20.9. The molecular formula is C39H42F2O10. The Kier molecular flexibility index (Phi) is 11.4. The topological polar surface area (TPSA) is 115 Å². The SMILES string of the molecule is O=C(Oc1ccc(OC(=O)c2ccc(OCCCCOCC3CO3)cc2F)c2c1C1CCC2C1)c1ccc(OCCCCOCC2CO2)cc1F. The maximum atomic E-state index is 15.0. The van der Waals surface area contributed by atoms with E-state index >= 15 is 8.78 Å². The molecule has 2 heterocycles. The van der Waals surface area contributed by atoms with E-state index in [2.05, 4.69) is 0 Å². The molecule has 4 atom stereocenters. The number of halogens is 2. The summed E-state index contributed by atoms with van der Waals surface area (Å²) in [7, 11) is 0. The number of hydrogen-bond acceptors (Lipinski definition) is 10. The highest BCUT2D eigenvalue weighted by Gasteiger charge is 2.42. The van der Waals surface area contributed by atoms with Crippen molar-refractivity contribution in [1.29, 1.82) is 0 Å². The first kappa shape index (κ1) is 35.3. The van der Waals surface area contributed by atoms with Gasteiger partial charge in [-0.05, 0) is 93.2 Å². The van der Waals surface area contributed by atoms with Crippen LogP contribution in [0.25, 0.3) is 0 Å². The average Bonchev–Trinajstić information content (AvgIpc) is 4.05. The van der Waals surface area contributed by atoms with Crippen molar-refractivity contribution in [3.63, 3.8) is 0 Å². The van der Waals surface area contributed by atoms with Gasteiger partial charge in [0.05, 0.1) is 50.8 Å². The molecule has 12 heteroatoms. The van der Waals surface area contributed by atoms with Crippen LogP contribution in [0.2, 0.25) is 0 Å². The third-order valence-electron chi connectivity index (χ3n) is 9.50. The lowest BCUT2D eigenvalue weighted by Crippen LogP contribution is -2.15. The molecule has 2 bridgehead atoms. The monoisotopic (exact) mass is 708 g/mol. The lowest BCUT2D eigenvalue weighted by atomic mass is 9.90. The summed E-state index contributed by atoms with van der Waals surface area (Å²) in [6, 6.07) is 11.2. The van der Waals surface area contributed by atoms with E-state index in [1.54, 1.807) is 12.1 Å². The fraction of sp³-hybridized carbons (Fsp3) is 0.487. The van der Waals surface area contributed by atoms with Crippen molar-refractivity contribution < 1.29 is 56.3 Å². The zero-order valence-corrected chi connectivity index (χ0v) is 28.4. The van der Waals surface area contributed by atoms with E-state index in [4.69, 9.17) is 37.9 Å². The van der Waals surface area contributed by atoms with Crippen LogP contribution in [-0.2, 0) is 18.9 Å². The van der Waals surface area contributed by atoms with Gasteiger partial charge in [0, 0.05) is 36.5 Å². The lowest BCUT2D eigenvalue weighted by Gasteiger charge is -2.21. The second kappa shape index (κ2) is 16.5. The minimum absolute atomic E-state index is 0.103. The number of ether oxygens (including phenoxy) is 8. The summed E-state index contributed by atoms with van der Waals surface area (Å²) in [4.78, 5) is 26.3. The number of carbonyl (C=O) groups is 2. The van der Waals surface area contributed by atoms with E-state index in [1.807, 2.05) is 0 Å². The maximum Gasteiger partial charge on any atom is 0.346 e. The van der Waals surface area contributed by atoms with Gasteiger partial charge in [-0.15, -0.1) is 0 Å². The molecule has 2 aliphatic carbocycles. The molecule has 0 N–H and O–H groups in total. The van der Waals surface area contributed by atoms with E-state index < -0.39 is 23.6 Å². The summed E-state index contributed by atoms with van der Waals surface area (Å²) in [5.41, 5.74) is 1.10. The van der Waals surface area contributed by atoms with Gasteiger partial charge in [0.15, 0.2) is 0 Å². The van der Waals surface area contributed by atoms with Crippen LogP contribution in [0.5, 0.6) is 23.0 Å². The highest BCUT2D eigenvalue weighted by atomic mass is 19.1. The Morgan fingerprint density at radius 1 is 0.627 bits per heavy atom. The molecule has 0 spiro atoms. The van der Waals surface area contributed by atoms with Crippen LogP contribution in [0.1, 0.15) is 88.6 Å². The molecule has 7 rings (SSSR count). The van der Waals surface area contributed by atoms with Gasteiger partial charge < -0.3 is 37.9 Å². The van der Waals surface area contributed by atoms with Crippen LogP contribution in [0, 0.1) is 11.6 Å². The number of hydrogen-bond donors (Lipinski definition) is 0. The predicted octanol–water partition coefficient (Wildman–Crippen LogP) is 6.92. The highest BCUT2D eigenvalue weighted by Crippen LogP contribution is 2.58. The quantitative estimate of drug-likeness (QED) is 0.0531. The summed E-state index contributed by atoms with van der Waals surface area (Å²) in [5, 5.41) is 0. The molecule has 3 aromatic rings. The zero-order chi connectivity index (χ0) is 35.2. The van der Waals surface area contributed by atoms with Gasteiger partial charge >= 0.3 is 11.9 Å². The molecular weight excluding hydrogens is 666 g/mol. The van der Waals surface area contributed by atoms with E-state index in [0.29, 0.717) is 62.6 Å². The molecule has 0 amide bonds. The summed E-state index contributed by atoms with van der Waals surface area (Å²) in [6.07, 6.45) is 6.14. The predicted molar refractivity (Wildman–Crippen MR) is 179 cm³/mol. The second-order valence-corrected chi connectivity index (χ2v) is 13.3. The Labute approximate surface area is 295 Å². The van der Waals surface area contributed by atoms with Crippen molar-refractivity contribution in [3.8, 4) is 23.0 Å². The van der Waals surface area contributed by atoms with Crippen LogP contribution >= 0.6 is 0 Å². The van der Waals surface area contributed by atoms with E-state index in [9.17, 15) is 9.59 Å². The van der Waals surface area contributed by atoms with Crippen LogP contribution in [-0.4, -0.2) is 77.0 Å². The van der Waals surface area contributed by atoms with E-state index in [0.717, 1.165) is 69.3 Å². The fourth-order valence-corrected chi connectivity index (χ4v) is 6.68. The number of unbranched alkanes of at least 4 members (excludes halogenated alkanes) is 2. The van der Waals surface area contributed by atoms with Crippen molar-refractivity contribution in [2.45, 2.75) is 69.0 Å². The lowest BCUT2D eigenvalue weighted by molar-refractivity contribution is 0.0711. The molecule has 3 aromatic carbocycles. The maximum absolute atomic E-state index is 15.0. The molecule has 1 saturated carbocycles. The van der Waals surface area contributed by atoms with Crippen LogP contribution in [0.3, 0.4) is 0 Å². The highest BCUT2D eigenvalue weighted by molar-refractivity contribution is 5.93. The molecule has 2 saturated heterocycles. The molecule has 3 fully saturated rings. The summed E-state index contributed by atoms with van der Waals surface area (Å²) < 4.78 is 74.1. The fourth-order valence-electron chi connectivity index (χ4n) is 6.68. The number of fused-ring (bicyclic) bond motifs is 5. The van der Waals surface area contributed by atoms with Crippen molar-refractivity contribution in [2.24, 2.45) is 0 Å². The number of rotatable bonds is 20. The van der Waals surface area contributed by atoms with Crippen molar-refractivity contribution in [3.05, 3.63) is 82.4 Å². The molecule has 272 valence electrons. The number of benzene rings is 3. The largest absolute Gasteiger partial charge is 0.493 e. The Bertz CT molecular complexity index is 1580. The van der Waals surface area contributed by atoms with Gasteiger partial charge in [-0.2, -0.15) is 0 Å². The first-order valence-corrected chi connectivity index (χ1v) is 17.8. The third-order valence-corrected chi connectivity index (χ3v) is 9.50. The van der Waals surface area contributed by atoms with Gasteiger partial charge in [-0.3, -0.25) is 0 Å². The van der Waals surface area contributed by atoms with Crippen LogP contribution < -0.4 is 18.9 Å². The van der Waals surface area contributed by atoms with Crippen LogP contribution in [0.4, 0.5) is 8.78 Å². The molecule has 2 aliphatic heterocycles. The molecule has 0 radical (unpaired) electrons. The van der Waals surface area contributed by atoms with E-state index in [-0.39, 0.29) is 35.2 Å². The molecule has 10 nitrogen and oxygen atoms in total. The molecule has 4 aliphatic rings. The summed E-state index contributed by atoms with van der Waals surface area (Å²) >= 11 is 0. The van der Waals surface area contributed by atoms with Crippen molar-refractivity contribution in [2.75, 3.05) is 52.9 Å². The standard InChI is InChI=1S/C39H42F2O10/c40-32-18-26(46-15-3-1-13-44-20-28-22-48-28)7-9-30(32)38(42)50-34-11-12-35(37-25-6-5-24(17-25)36(34)37)51-39(43)31-10-8-27(19-33(31)41)47-16-4-2-14-45-21-29-23-49-29/h7-12,18-19,24-25,28-29H,1-6,13-17,20-23H2.